The summed E-state index contributed by atoms with van der Waals surface area (Å²) in [6, 6.07) is 12.8. The Labute approximate surface area is 119 Å². The van der Waals surface area contributed by atoms with E-state index in [1.54, 1.807) is 30.3 Å². The lowest BCUT2D eigenvalue weighted by Crippen LogP contribution is -1.97. The van der Waals surface area contributed by atoms with Gasteiger partial charge >= 0.3 is 5.97 Å². The van der Waals surface area contributed by atoms with Gasteiger partial charge in [0.25, 0.3) is 0 Å². The zero-order valence-electron chi connectivity index (χ0n) is 10.9. The molecule has 1 heterocycles. The number of halogens is 1. The third-order valence-corrected chi connectivity index (χ3v) is 3.13. The Kier molecular flexibility index (Phi) is 3.23. The van der Waals surface area contributed by atoms with Gasteiger partial charge in [0.05, 0.1) is 5.56 Å². The molecule has 2 aromatic carbocycles. The van der Waals surface area contributed by atoms with Crippen LogP contribution in [0.2, 0.25) is 0 Å². The summed E-state index contributed by atoms with van der Waals surface area (Å²) in [5.74, 6) is -1.35. The molecular formula is C16H11FN2O2. The van der Waals surface area contributed by atoms with E-state index in [1.165, 1.54) is 24.4 Å². The predicted molar refractivity (Wildman–Crippen MR) is 78.4 cm³/mol. The number of hydrogen-bond donors (Lipinski definition) is 2. The molecule has 21 heavy (non-hydrogen) atoms. The van der Waals surface area contributed by atoms with Crippen molar-refractivity contribution in [1.82, 2.24) is 4.98 Å². The minimum Gasteiger partial charge on any atom is -0.478 e. The van der Waals surface area contributed by atoms with Gasteiger partial charge < -0.3 is 10.4 Å². The molecule has 0 unspecified atom stereocenters. The number of fused-ring (bicyclic) bond motifs is 1. The van der Waals surface area contributed by atoms with Crippen LogP contribution in [0, 0.1) is 5.82 Å². The van der Waals surface area contributed by atoms with Gasteiger partial charge in [-0.2, -0.15) is 0 Å². The first kappa shape index (κ1) is 13.1. The number of hydrogen-bond acceptors (Lipinski definition) is 3. The lowest BCUT2D eigenvalue weighted by Gasteiger charge is -2.10. The molecule has 0 amide bonds. The number of nitrogens with zero attached hydrogens (tertiary/aromatic N) is 1. The largest absolute Gasteiger partial charge is 0.478 e. The van der Waals surface area contributed by atoms with Crippen molar-refractivity contribution in [3.63, 3.8) is 0 Å². The van der Waals surface area contributed by atoms with Gasteiger partial charge in [-0.1, -0.05) is 12.1 Å². The van der Waals surface area contributed by atoms with Gasteiger partial charge in [-0.3, -0.25) is 4.98 Å². The van der Waals surface area contributed by atoms with Crippen molar-refractivity contribution >= 4 is 28.2 Å². The number of aromatic nitrogens is 1. The second kappa shape index (κ2) is 5.20. The van der Waals surface area contributed by atoms with Crippen LogP contribution in [0.1, 0.15) is 10.4 Å². The summed E-state index contributed by atoms with van der Waals surface area (Å²) in [7, 11) is 0. The smallest absolute Gasteiger partial charge is 0.335 e. The molecule has 3 rings (SSSR count). The van der Waals surface area contributed by atoms with Crippen molar-refractivity contribution in [2.24, 2.45) is 0 Å². The molecular weight excluding hydrogens is 271 g/mol. The number of benzene rings is 2. The molecule has 0 aliphatic rings. The minimum absolute atomic E-state index is 0.214. The maximum atomic E-state index is 13.7. The van der Waals surface area contributed by atoms with Crippen LogP contribution in [0.4, 0.5) is 15.8 Å². The second-order valence-corrected chi connectivity index (χ2v) is 4.50. The van der Waals surface area contributed by atoms with E-state index in [4.69, 9.17) is 5.11 Å². The number of anilines is 2. The van der Waals surface area contributed by atoms with Gasteiger partial charge in [-0.25, -0.2) is 9.18 Å². The standard InChI is InChI=1S/C16H11FN2O2/c17-13-3-1-2-12-14(8-9-18-15(12)13)19-11-6-4-10(5-7-11)16(20)21/h1-9H,(H,18,19)(H,20,21). The highest BCUT2D eigenvalue weighted by atomic mass is 19.1. The van der Waals surface area contributed by atoms with E-state index in [0.717, 1.165) is 5.69 Å². The number of carboxylic acid groups (broad SMARTS) is 1. The highest BCUT2D eigenvalue weighted by molar-refractivity contribution is 5.93. The summed E-state index contributed by atoms with van der Waals surface area (Å²) in [6.45, 7) is 0. The van der Waals surface area contributed by atoms with Crippen LogP contribution >= 0.6 is 0 Å². The molecule has 5 heteroatoms. The first-order valence-electron chi connectivity index (χ1n) is 6.29. The fourth-order valence-electron chi connectivity index (χ4n) is 2.10. The van der Waals surface area contributed by atoms with Crippen LogP contribution in [-0.4, -0.2) is 16.1 Å². The molecule has 0 saturated carbocycles. The van der Waals surface area contributed by atoms with Crippen molar-refractivity contribution in [2.45, 2.75) is 0 Å². The molecule has 0 spiro atoms. The van der Waals surface area contributed by atoms with Gasteiger partial charge in [-0.15, -0.1) is 0 Å². The van der Waals surface area contributed by atoms with Crippen molar-refractivity contribution < 1.29 is 14.3 Å². The second-order valence-electron chi connectivity index (χ2n) is 4.50. The molecule has 104 valence electrons. The highest BCUT2D eigenvalue weighted by Gasteiger charge is 2.07. The molecule has 0 saturated heterocycles. The summed E-state index contributed by atoms with van der Waals surface area (Å²) in [5.41, 5.74) is 1.94. The summed E-state index contributed by atoms with van der Waals surface area (Å²) < 4.78 is 13.7. The SMILES string of the molecule is O=C(O)c1ccc(Nc2ccnc3c(F)cccc23)cc1. The van der Waals surface area contributed by atoms with Crippen molar-refractivity contribution in [3.05, 3.63) is 66.1 Å². The Bertz CT molecular complexity index is 816. The average molecular weight is 282 g/mol. The van der Waals surface area contributed by atoms with Gasteiger partial charge in [0.2, 0.25) is 0 Å². The first-order valence-corrected chi connectivity index (χ1v) is 6.29. The van der Waals surface area contributed by atoms with Gasteiger partial charge in [0, 0.05) is 23.0 Å². The normalized spacial score (nSPS) is 10.5. The van der Waals surface area contributed by atoms with Crippen LogP contribution < -0.4 is 5.32 Å². The van der Waals surface area contributed by atoms with Crippen LogP contribution in [0.25, 0.3) is 10.9 Å². The number of rotatable bonds is 3. The van der Waals surface area contributed by atoms with Crippen molar-refractivity contribution in [2.75, 3.05) is 5.32 Å². The quantitative estimate of drug-likeness (QED) is 0.766. The Morgan fingerprint density at radius 1 is 1.10 bits per heavy atom. The van der Waals surface area contributed by atoms with Crippen molar-refractivity contribution in [1.29, 1.82) is 0 Å². The Morgan fingerprint density at radius 2 is 1.86 bits per heavy atom. The molecule has 0 bridgehead atoms. The summed E-state index contributed by atoms with van der Waals surface area (Å²) in [4.78, 5) is 14.8. The van der Waals surface area contributed by atoms with E-state index in [-0.39, 0.29) is 11.4 Å². The van der Waals surface area contributed by atoms with Gasteiger partial charge in [0.15, 0.2) is 0 Å². The Hall–Kier alpha value is -2.95. The number of carboxylic acids is 1. The molecule has 1 aromatic heterocycles. The number of pyridine rings is 1. The van der Waals surface area contributed by atoms with Crippen LogP contribution in [0.15, 0.2) is 54.7 Å². The summed E-state index contributed by atoms with van der Waals surface area (Å²) in [5, 5.41) is 12.7. The topological polar surface area (TPSA) is 62.2 Å². The monoisotopic (exact) mass is 282 g/mol. The molecule has 2 N–H and O–H groups in total. The average Bonchev–Trinajstić information content (AvgIpc) is 2.49. The minimum atomic E-state index is -0.974. The fourth-order valence-corrected chi connectivity index (χ4v) is 2.10. The lowest BCUT2D eigenvalue weighted by atomic mass is 10.1. The number of aromatic carboxylic acids is 1. The molecule has 0 radical (unpaired) electrons. The number of carbonyl (C=O) groups is 1. The Balaban J connectivity index is 1.98. The van der Waals surface area contributed by atoms with E-state index in [9.17, 15) is 9.18 Å². The maximum Gasteiger partial charge on any atom is 0.335 e. The van der Waals surface area contributed by atoms with Crippen molar-refractivity contribution in [3.8, 4) is 0 Å². The van der Waals surface area contributed by atoms with E-state index in [2.05, 4.69) is 10.3 Å². The molecule has 4 nitrogen and oxygen atoms in total. The van der Waals surface area contributed by atoms with Gasteiger partial charge in [0.1, 0.15) is 11.3 Å². The third kappa shape index (κ3) is 2.53. The highest BCUT2D eigenvalue weighted by Crippen LogP contribution is 2.26. The fraction of sp³-hybridized carbons (Fsp3) is 0. The van der Waals surface area contributed by atoms with E-state index < -0.39 is 5.97 Å². The molecule has 0 aliphatic carbocycles. The van der Waals surface area contributed by atoms with E-state index in [1.807, 2.05) is 0 Å². The van der Waals surface area contributed by atoms with Crippen LogP contribution in [-0.2, 0) is 0 Å². The van der Waals surface area contributed by atoms with E-state index in [0.29, 0.717) is 16.6 Å². The molecule has 0 atom stereocenters. The maximum absolute atomic E-state index is 13.7. The number of para-hydroxylation sites is 1. The third-order valence-electron chi connectivity index (χ3n) is 3.13. The predicted octanol–water partition coefficient (Wildman–Crippen LogP) is 3.82. The Morgan fingerprint density at radius 3 is 2.57 bits per heavy atom. The molecule has 3 aromatic rings. The van der Waals surface area contributed by atoms with Crippen LogP contribution in [0.5, 0.6) is 0 Å². The summed E-state index contributed by atoms with van der Waals surface area (Å²) in [6.07, 6.45) is 1.53. The van der Waals surface area contributed by atoms with Gasteiger partial charge in [-0.05, 0) is 36.4 Å². The zero-order valence-corrected chi connectivity index (χ0v) is 10.9. The lowest BCUT2D eigenvalue weighted by molar-refractivity contribution is 0.0697. The zero-order chi connectivity index (χ0) is 14.8. The first-order chi connectivity index (χ1) is 10.1. The van der Waals surface area contributed by atoms with Crippen LogP contribution in [0.3, 0.4) is 0 Å². The summed E-state index contributed by atoms with van der Waals surface area (Å²) >= 11 is 0. The number of nitrogens with one attached hydrogen (secondary N) is 1. The van der Waals surface area contributed by atoms with E-state index >= 15 is 0 Å². The molecule has 0 fully saturated rings. The molecule has 0 aliphatic heterocycles.